The minimum absolute atomic E-state index is 0.0202. The highest BCUT2D eigenvalue weighted by Crippen LogP contribution is 2.34. The van der Waals surface area contributed by atoms with Crippen molar-refractivity contribution >= 4 is 23.4 Å². The Morgan fingerprint density at radius 2 is 1.61 bits per heavy atom. The molecule has 1 aliphatic heterocycles. The van der Waals surface area contributed by atoms with Crippen LogP contribution in [0.1, 0.15) is 61.9 Å². The molecule has 1 heterocycles. The molecule has 3 atom stereocenters. The van der Waals surface area contributed by atoms with Gasteiger partial charge >= 0.3 is 6.18 Å². The van der Waals surface area contributed by atoms with Gasteiger partial charge in [-0.1, -0.05) is 78.3 Å². The number of rotatable bonds is 11. The van der Waals surface area contributed by atoms with Gasteiger partial charge in [-0.3, -0.25) is 9.59 Å². The van der Waals surface area contributed by atoms with Crippen molar-refractivity contribution in [2.24, 2.45) is 0 Å². The molecule has 1 fully saturated rings. The lowest BCUT2D eigenvalue weighted by atomic mass is 10.00. The summed E-state index contributed by atoms with van der Waals surface area (Å²) >= 11 is 6.21. The van der Waals surface area contributed by atoms with Gasteiger partial charge in [0.15, 0.2) is 0 Å². The molecule has 0 radical (unpaired) electrons. The number of aliphatic hydroxyl groups is 1. The molecule has 0 spiro atoms. The van der Waals surface area contributed by atoms with E-state index in [2.05, 4.69) is 10.6 Å². The molecule has 4 aromatic carbocycles. The quantitative estimate of drug-likeness (QED) is 0.166. The molecule has 3 N–H and O–H groups in total. The van der Waals surface area contributed by atoms with Crippen LogP contribution in [-0.2, 0) is 19.1 Å². The van der Waals surface area contributed by atoms with E-state index in [9.17, 15) is 27.9 Å². The predicted molar refractivity (Wildman–Crippen MR) is 171 cm³/mol. The molecule has 4 aromatic rings. The molecule has 6 nitrogen and oxygen atoms in total. The molecule has 0 saturated carbocycles. The summed E-state index contributed by atoms with van der Waals surface area (Å²) < 4.78 is 39.3. The smallest absolute Gasteiger partial charge is 0.390 e. The van der Waals surface area contributed by atoms with Crippen molar-refractivity contribution in [3.63, 3.8) is 0 Å². The van der Waals surface area contributed by atoms with E-state index in [-0.39, 0.29) is 30.6 Å². The lowest BCUT2D eigenvalue weighted by molar-refractivity contribution is -0.137. The van der Waals surface area contributed by atoms with Gasteiger partial charge in [0, 0.05) is 35.8 Å². The third-order valence-corrected chi connectivity index (χ3v) is 8.37. The van der Waals surface area contributed by atoms with E-state index in [1.54, 1.807) is 41.3 Å². The summed E-state index contributed by atoms with van der Waals surface area (Å²) in [5.41, 5.74) is 2.17. The van der Waals surface area contributed by atoms with E-state index in [4.69, 9.17) is 11.6 Å². The highest BCUT2D eigenvalue weighted by atomic mass is 35.5. The van der Waals surface area contributed by atoms with Crippen LogP contribution in [0.3, 0.4) is 0 Å². The molecule has 0 aromatic heterocycles. The lowest BCUT2D eigenvalue weighted by Crippen LogP contribution is -2.48. The maximum Gasteiger partial charge on any atom is 0.416 e. The van der Waals surface area contributed by atoms with Crippen molar-refractivity contribution in [1.82, 2.24) is 15.5 Å². The minimum atomic E-state index is -4.45. The molecule has 240 valence electrons. The minimum Gasteiger partial charge on any atom is -0.390 e. The molecule has 0 bridgehead atoms. The van der Waals surface area contributed by atoms with Crippen molar-refractivity contribution in [3.05, 3.63) is 142 Å². The van der Waals surface area contributed by atoms with Crippen molar-refractivity contribution < 1.29 is 27.9 Å². The second-order valence-electron chi connectivity index (χ2n) is 11.5. The Bertz CT molecular complexity index is 1650. The number of carbonyl (C=O) groups excluding carboxylic acids is 2. The summed E-state index contributed by atoms with van der Waals surface area (Å²) in [6.07, 6.45) is -3.54. The first-order chi connectivity index (χ1) is 22.1. The predicted octanol–water partition coefficient (Wildman–Crippen LogP) is 6.83. The number of amides is 2. The third kappa shape index (κ3) is 8.54. The summed E-state index contributed by atoms with van der Waals surface area (Å²) in [6.45, 7) is 0.710. The number of halogens is 4. The van der Waals surface area contributed by atoms with Gasteiger partial charge in [-0.25, -0.2) is 0 Å². The highest BCUT2D eigenvalue weighted by molar-refractivity contribution is 6.30. The van der Waals surface area contributed by atoms with E-state index in [1.807, 2.05) is 48.5 Å². The normalized spacial score (nSPS) is 16.2. The van der Waals surface area contributed by atoms with Crippen LogP contribution >= 0.6 is 11.6 Å². The number of benzene rings is 4. The Morgan fingerprint density at radius 1 is 0.891 bits per heavy atom. The van der Waals surface area contributed by atoms with Crippen LogP contribution in [0.5, 0.6) is 0 Å². The highest BCUT2D eigenvalue weighted by Gasteiger charge is 2.32. The van der Waals surface area contributed by atoms with Gasteiger partial charge in [-0.2, -0.15) is 13.2 Å². The Morgan fingerprint density at radius 3 is 2.37 bits per heavy atom. The van der Waals surface area contributed by atoms with Crippen LogP contribution < -0.4 is 10.6 Å². The van der Waals surface area contributed by atoms with E-state index < -0.39 is 29.8 Å². The third-order valence-electron chi connectivity index (χ3n) is 8.14. The van der Waals surface area contributed by atoms with Crippen LogP contribution in [0.15, 0.2) is 103 Å². The molecular weight excluding hydrogens is 615 g/mol. The van der Waals surface area contributed by atoms with Gasteiger partial charge in [-0.15, -0.1) is 0 Å². The summed E-state index contributed by atoms with van der Waals surface area (Å²) in [4.78, 5) is 28.9. The molecule has 1 unspecified atom stereocenters. The SMILES string of the molecule is O=C(N[C@@H](Cc1ccccc1)[C@H](O)CNCc1cccc(C(F)(F)F)c1)c1cccc(C(=O)N2CCCC2c2cccc(Cl)c2)c1. The largest absolute Gasteiger partial charge is 0.416 e. The number of aliphatic hydroxyl groups excluding tert-OH is 1. The average molecular weight is 650 g/mol. The van der Waals surface area contributed by atoms with Crippen LogP contribution in [0.4, 0.5) is 13.2 Å². The zero-order valence-electron chi connectivity index (χ0n) is 25.0. The summed E-state index contributed by atoms with van der Waals surface area (Å²) in [5, 5.41) is 17.7. The molecule has 2 amide bonds. The van der Waals surface area contributed by atoms with Crippen LogP contribution in [0, 0.1) is 0 Å². The van der Waals surface area contributed by atoms with Crippen molar-refractivity contribution in [2.75, 3.05) is 13.1 Å². The molecular formula is C36H35ClF3N3O3. The maximum atomic E-state index is 13.6. The van der Waals surface area contributed by atoms with Gasteiger partial charge in [0.1, 0.15) is 0 Å². The number of likely N-dealkylation sites (tertiary alicyclic amines) is 1. The summed E-state index contributed by atoms with van der Waals surface area (Å²) in [5.74, 6) is -0.642. The fourth-order valence-electron chi connectivity index (χ4n) is 5.80. The second kappa shape index (κ2) is 14.9. The maximum absolute atomic E-state index is 13.6. The van der Waals surface area contributed by atoms with Gasteiger partial charge in [0.25, 0.3) is 11.8 Å². The topological polar surface area (TPSA) is 81.7 Å². The monoisotopic (exact) mass is 649 g/mol. The zero-order valence-corrected chi connectivity index (χ0v) is 25.8. The fraction of sp³-hybridized carbons (Fsp3) is 0.278. The number of nitrogens with zero attached hydrogens (tertiary/aromatic N) is 1. The van der Waals surface area contributed by atoms with Gasteiger partial charge in [-0.05, 0) is 72.4 Å². The van der Waals surface area contributed by atoms with E-state index >= 15 is 0 Å². The van der Waals surface area contributed by atoms with Gasteiger partial charge in [0.2, 0.25) is 0 Å². The Balaban J connectivity index is 1.27. The first kappa shape index (κ1) is 33.2. The van der Waals surface area contributed by atoms with Crippen LogP contribution in [0.25, 0.3) is 0 Å². The molecule has 46 heavy (non-hydrogen) atoms. The number of hydrogen-bond acceptors (Lipinski definition) is 4. The number of hydrogen-bond donors (Lipinski definition) is 3. The average Bonchev–Trinajstić information content (AvgIpc) is 3.54. The Kier molecular flexibility index (Phi) is 10.8. The first-order valence-electron chi connectivity index (χ1n) is 15.1. The molecule has 10 heteroatoms. The van der Waals surface area contributed by atoms with Gasteiger partial charge in [0.05, 0.1) is 23.8 Å². The van der Waals surface area contributed by atoms with Crippen molar-refractivity contribution in [1.29, 1.82) is 0 Å². The second-order valence-corrected chi connectivity index (χ2v) is 11.9. The van der Waals surface area contributed by atoms with Crippen molar-refractivity contribution in [3.8, 4) is 0 Å². The van der Waals surface area contributed by atoms with Crippen LogP contribution in [0.2, 0.25) is 5.02 Å². The molecule has 5 rings (SSSR count). The van der Waals surface area contributed by atoms with Crippen molar-refractivity contribution in [2.45, 2.75) is 50.2 Å². The number of alkyl halides is 3. The zero-order chi connectivity index (χ0) is 32.7. The lowest BCUT2D eigenvalue weighted by Gasteiger charge is -2.26. The fourth-order valence-corrected chi connectivity index (χ4v) is 6.00. The van der Waals surface area contributed by atoms with E-state index in [0.29, 0.717) is 29.1 Å². The summed E-state index contributed by atoms with van der Waals surface area (Å²) in [6, 6.07) is 27.5. The molecule has 1 saturated heterocycles. The Labute approximate surface area is 271 Å². The summed E-state index contributed by atoms with van der Waals surface area (Å²) in [7, 11) is 0. The van der Waals surface area contributed by atoms with Gasteiger partial charge < -0.3 is 20.6 Å². The Hall–Kier alpha value is -4.18. The first-order valence-corrected chi connectivity index (χ1v) is 15.5. The molecule has 1 aliphatic rings. The number of nitrogens with one attached hydrogen (secondary N) is 2. The van der Waals surface area contributed by atoms with E-state index in [0.717, 1.165) is 36.1 Å². The number of carbonyl (C=O) groups is 2. The standard InChI is InChI=1S/C36H35ClF3N3O3/c37-30-15-6-11-26(21-30)32-16-7-17-43(32)35(46)28-13-5-12-27(20-28)34(45)42-31(19-24-8-2-1-3-9-24)33(44)23-41-22-25-10-4-14-29(18-25)36(38,39)40/h1-6,8-15,18,20-21,31-33,41,44H,7,16-17,19,22-23H2,(H,42,45)/t31-,32?,33+/m0/s1. The van der Waals surface area contributed by atoms with Crippen LogP contribution in [-0.4, -0.2) is 47.1 Å². The van der Waals surface area contributed by atoms with E-state index in [1.165, 1.54) is 6.07 Å². The molecule has 0 aliphatic carbocycles.